The Bertz CT molecular complexity index is 1100. The Morgan fingerprint density at radius 3 is 2.54 bits per heavy atom. The van der Waals surface area contributed by atoms with Gasteiger partial charge in [-0.1, -0.05) is 30.9 Å². The Balaban J connectivity index is 2.03. The van der Waals surface area contributed by atoms with Crippen LogP contribution in [0.4, 0.5) is 13.2 Å². The van der Waals surface area contributed by atoms with Gasteiger partial charge in [-0.15, -0.1) is 0 Å². The van der Waals surface area contributed by atoms with Crippen LogP contribution in [0.25, 0.3) is 16.9 Å². The van der Waals surface area contributed by atoms with Crippen LogP contribution in [0.15, 0.2) is 29.1 Å². The molecule has 2 aromatic heterocycles. The molecule has 1 aliphatic carbocycles. The first-order valence-electron chi connectivity index (χ1n) is 8.98. The van der Waals surface area contributed by atoms with Gasteiger partial charge in [0.1, 0.15) is 11.4 Å². The van der Waals surface area contributed by atoms with Crippen LogP contribution in [0, 0.1) is 0 Å². The summed E-state index contributed by atoms with van der Waals surface area (Å²) in [6.07, 6.45) is -0.777. The Hall–Kier alpha value is -2.48. The number of aromatic hydroxyl groups is 1. The molecule has 0 unspecified atom stereocenters. The predicted molar refractivity (Wildman–Crippen MR) is 98.8 cm³/mol. The molecule has 0 bridgehead atoms. The first-order valence-corrected chi connectivity index (χ1v) is 9.35. The summed E-state index contributed by atoms with van der Waals surface area (Å²) in [4.78, 5) is 14.8. The third kappa shape index (κ3) is 3.26. The summed E-state index contributed by atoms with van der Waals surface area (Å²) in [5.41, 5.74) is -1.26. The van der Waals surface area contributed by atoms with Gasteiger partial charge in [0.2, 0.25) is 0 Å². The van der Waals surface area contributed by atoms with E-state index in [0.717, 1.165) is 29.8 Å². The lowest BCUT2D eigenvalue weighted by atomic mass is 9.84. The predicted octanol–water partition coefficient (Wildman–Crippen LogP) is 5.12. The van der Waals surface area contributed by atoms with E-state index in [1.807, 2.05) is 0 Å². The minimum Gasteiger partial charge on any atom is -0.507 e. The fraction of sp³-hybridized carbons (Fsp3) is 0.368. The van der Waals surface area contributed by atoms with Crippen molar-refractivity contribution in [2.75, 3.05) is 0 Å². The number of nitrogens with one attached hydrogen (secondary N) is 1. The molecule has 9 heteroatoms. The van der Waals surface area contributed by atoms with E-state index in [-0.39, 0.29) is 39.2 Å². The summed E-state index contributed by atoms with van der Waals surface area (Å²) >= 11 is 5.85. The van der Waals surface area contributed by atoms with Crippen LogP contribution in [0.1, 0.15) is 49.3 Å². The lowest BCUT2D eigenvalue weighted by molar-refractivity contribution is -0.142. The van der Waals surface area contributed by atoms with Gasteiger partial charge in [-0.2, -0.15) is 18.3 Å². The van der Waals surface area contributed by atoms with E-state index in [2.05, 4.69) is 10.1 Å². The smallest absolute Gasteiger partial charge is 0.435 e. The zero-order valence-corrected chi connectivity index (χ0v) is 15.4. The van der Waals surface area contributed by atoms with E-state index < -0.39 is 17.4 Å². The van der Waals surface area contributed by atoms with Gasteiger partial charge < -0.3 is 10.1 Å². The number of phenolic OH excluding ortho intramolecular Hbond substituents is 1. The van der Waals surface area contributed by atoms with Gasteiger partial charge in [0.05, 0.1) is 5.69 Å². The van der Waals surface area contributed by atoms with Crippen molar-refractivity contribution in [2.45, 2.75) is 44.2 Å². The number of aromatic nitrogens is 3. The van der Waals surface area contributed by atoms with Crippen LogP contribution in [-0.2, 0) is 6.18 Å². The Labute approximate surface area is 162 Å². The highest BCUT2D eigenvalue weighted by Crippen LogP contribution is 2.42. The lowest BCUT2D eigenvalue weighted by Crippen LogP contribution is -2.14. The number of alkyl halides is 3. The number of hydrogen-bond acceptors (Lipinski definition) is 3. The number of aromatic amines is 1. The summed E-state index contributed by atoms with van der Waals surface area (Å²) in [6.45, 7) is 0. The lowest BCUT2D eigenvalue weighted by Gasteiger charge is -2.22. The average molecular weight is 412 g/mol. The molecule has 1 saturated carbocycles. The molecule has 0 atom stereocenters. The van der Waals surface area contributed by atoms with Crippen LogP contribution >= 0.6 is 11.6 Å². The van der Waals surface area contributed by atoms with E-state index in [0.29, 0.717) is 12.8 Å². The van der Waals surface area contributed by atoms with E-state index in [1.54, 1.807) is 0 Å². The number of hydrogen-bond donors (Lipinski definition) is 2. The summed E-state index contributed by atoms with van der Waals surface area (Å²) in [5.74, 6) is -0.574. The molecule has 0 saturated heterocycles. The van der Waals surface area contributed by atoms with Gasteiger partial charge in [0.15, 0.2) is 5.69 Å². The topological polar surface area (TPSA) is 70.4 Å². The molecule has 5 nitrogen and oxygen atoms in total. The van der Waals surface area contributed by atoms with Crippen molar-refractivity contribution in [1.29, 1.82) is 0 Å². The molecule has 0 aliphatic heterocycles. The van der Waals surface area contributed by atoms with Crippen molar-refractivity contribution >= 4 is 17.2 Å². The van der Waals surface area contributed by atoms with Gasteiger partial charge in [-0.3, -0.25) is 4.79 Å². The SMILES string of the molecule is O=c1cc(-c2ccc(Cl)cc2O)n2nc(C(F)(F)F)c(C3CCCCC3)c2[nH]1. The number of halogens is 4. The third-order valence-corrected chi connectivity index (χ3v) is 5.41. The second kappa shape index (κ2) is 6.84. The molecule has 1 aromatic carbocycles. The Morgan fingerprint density at radius 1 is 1.18 bits per heavy atom. The molecule has 1 fully saturated rings. The molecule has 1 aliphatic rings. The quantitative estimate of drug-likeness (QED) is 0.615. The zero-order chi connectivity index (χ0) is 20.1. The Kier molecular flexibility index (Phi) is 4.61. The third-order valence-electron chi connectivity index (χ3n) is 5.18. The van der Waals surface area contributed by atoms with E-state index in [1.165, 1.54) is 18.2 Å². The van der Waals surface area contributed by atoms with Crippen LogP contribution < -0.4 is 5.56 Å². The summed E-state index contributed by atoms with van der Waals surface area (Å²) < 4.78 is 42.4. The average Bonchev–Trinajstić information content (AvgIpc) is 3.01. The number of phenols is 1. The second-order valence-corrected chi connectivity index (χ2v) is 7.47. The van der Waals surface area contributed by atoms with Gasteiger partial charge in [-0.05, 0) is 37.0 Å². The summed E-state index contributed by atoms with van der Waals surface area (Å²) in [5, 5.41) is 14.3. The molecule has 2 N–H and O–H groups in total. The molecular weight excluding hydrogens is 395 g/mol. The highest BCUT2D eigenvalue weighted by Gasteiger charge is 2.41. The summed E-state index contributed by atoms with van der Waals surface area (Å²) in [6, 6.07) is 5.31. The number of nitrogens with zero attached hydrogens (tertiary/aromatic N) is 2. The zero-order valence-electron chi connectivity index (χ0n) is 14.7. The van der Waals surface area contributed by atoms with Crippen molar-refractivity contribution in [2.24, 2.45) is 0 Å². The molecule has 148 valence electrons. The van der Waals surface area contributed by atoms with Crippen LogP contribution in [-0.4, -0.2) is 19.7 Å². The molecule has 3 aromatic rings. The van der Waals surface area contributed by atoms with Gasteiger partial charge >= 0.3 is 6.18 Å². The van der Waals surface area contributed by atoms with Gasteiger partial charge in [-0.25, -0.2) is 4.52 Å². The largest absolute Gasteiger partial charge is 0.507 e. The number of benzene rings is 1. The highest BCUT2D eigenvalue weighted by atomic mass is 35.5. The molecule has 0 amide bonds. The molecule has 4 rings (SSSR count). The normalized spacial score (nSPS) is 16.0. The van der Waals surface area contributed by atoms with Crippen molar-refractivity contribution < 1.29 is 18.3 Å². The maximum Gasteiger partial charge on any atom is 0.435 e. The number of H-pyrrole nitrogens is 1. The monoisotopic (exact) mass is 411 g/mol. The van der Waals surface area contributed by atoms with Crippen molar-refractivity contribution in [1.82, 2.24) is 14.6 Å². The van der Waals surface area contributed by atoms with E-state index in [9.17, 15) is 23.1 Å². The molecule has 0 radical (unpaired) electrons. The van der Waals surface area contributed by atoms with Gasteiger partial charge in [0, 0.05) is 22.2 Å². The highest BCUT2D eigenvalue weighted by molar-refractivity contribution is 6.30. The maximum absolute atomic E-state index is 13.8. The molecule has 0 spiro atoms. The second-order valence-electron chi connectivity index (χ2n) is 7.04. The number of fused-ring (bicyclic) bond motifs is 1. The van der Waals surface area contributed by atoms with Crippen molar-refractivity contribution in [3.63, 3.8) is 0 Å². The van der Waals surface area contributed by atoms with Crippen LogP contribution in [0.3, 0.4) is 0 Å². The standard InChI is InChI=1S/C19H17ClF3N3O2/c20-11-6-7-12(14(27)8-11)13-9-15(28)24-18-16(10-4-2-1-3-5-10)17(19(21,22)23)25-26(13)18/h6-10,27H,1-5H2,(H,24,28). The minimum absolute atomic E-state index is 0.0241. The fourth-order valence-corrected chi connectivity index (χ4v) is 4.13. The van der Waals surface area contributed by atoms with E-state index in [4.69, 9.17) is 11.6 Å². The van der Waals surface area contributed by atoms with Crippen molar-refractivity contribution in [3.05, 3.63) is 50.9 Å². The van der Waals surface area contributed by atoms with Crippen molar-refractivity contribution in [3.8, 4) is 17.0 Å². The minimum atomic E-state index is -4.66. The molecule has 2 heterocycles. The van der Waals surface area contributed by atoms with E-state index >= 15 is 0 Å². The first-order chi connectivity index (χ1) is 13.3. The maximum atomic E-state index is 13.8. The van der Waals surface area contributed by atoms with Crippen LogP contribution in [0.5, 0.6) is 5.75 Å². The first kappa shape index (κ1) is 18.9. The Morgan fingerprint density at radius 2 is 1.89 bits per heavy atom. The van der Waals surface area contributed by atoms with Crippen LogP contribution in [0.2, 0.25) is 5.02 Å². The molecule has 28 heavy (non-hydrogen) atoms. The summed E-state index contributed by atoms with van der Waals surface area (Å²) in [7, 11) is 0. The fourth-order valence-electron chi connectivity index (χ4n) is 3.96. The van der Waals surface area contributed by atoms with Gasteiger partial charge in [0.25, 0.3) is 5.56 Å². The molecular formula is C19H17ClF3N3O2. The number of rotatable bonds is 2.